The summed E-state index contributed by atoms with van der Waals surface area (Å²) < 4.78 is 5.28. The second kappa shape index (κ2) is 6.72. The summed E-state index contributed by atoms with van der Waals surface area (Å²) in [6, 6.07) is 7.52. The molecule has 1 unspecified atom stereocenters. The van der Waals surface area contributed by atoms with E-state index < -0.39 is 5.41 Å². The summed E-state index contributed by atoms with van der Waals surface area (Å²) in [5.74, 6) is 0.806. The zero-order valence-corrected chi connectivity index (χ0v) is 15.7. The highest BCUT2D eigenvalue weighted by Gasteiger charge is 2.48. The van der Waals surface area contributed by atoms with Crippen molar-refractivity contribution in [2.45, 2.75) is 19.3 Å². The number of aromatic nitrogens is 2. The number of benzene rings is 1. The summed E-state index contributed by atoms with van der Waals surface area (Å²) in [4.78, 5) is 29.5. The number of nitrogens with one attached hydrogen (secondary N) is 1. The van der Waals surface area contributed by atoms with Crippen LogP contribution in [0.4, 0.5) is 0 Å². The number of amides is 2. The average molecular weight is 368 g/mol. The number of carbonyl (C=O) groups excluding carboxylic acids is 2. The highest BCUT2D eigenvalue weighted by molar-refractivity contribution is 6.00. The van der Waals surface area contributed by atoms with Crippen LogP contribution in [0.5, 0.6) is 5.75 Å². The summed E-state index contributed by atoms with van der Waals surface area (Å²) in [6.07, 6.45) is 4.14. The molecule has 0 radical (unpaired) electrons. The lowest BCUT2D eigenvalue weighted by molar-refractivity contribution is -0.143. The Hall–Kier alpha value is -2.83. The number of nitrogens with zero attached hydrogens (tertiary/aromatic N) is 3. The molecule has 0 aliphatic carbocycles. The van der Waals surface area contributed by atoms with Gasteiger partial charge in [-0.25, -0.2) is 0 Å². The Morgan fingerprint density at radius 3 is 2.96 bits per heavy atom. The molecule has 2 amide bonds. The third kappa shape index (κ3) is 2.97. The molecule has 2 saturated heterocycles. The fourth-order valence-electron chi connectivity index (χ4n) is 4.31. The lowest BCUT2D eigenvalue weighted by Crippen LogP contribution is -2.48. The Labute approximate surface area is 158 Å². The van der Waals surface area contributed by atoms with Gasteiger partial charge in [0.15, 0.2) is 0 Å². The highest BCUT2D eigenvalue weighted by atomic mass is 16.5. The van der Waals surface area contributed by atoms with Crippen molar-refractivity contribution in [1.29, 1.82) is 0 Å². The van der Waals surface area contributed by atoms with Crippen LogP contribution in [0.3, 0.4) is 0 Å². The molecule has 1 aromatic heterocycles. The fraction of sp³-hybridized carbons (Fsp3) is 0.450. The zero-order chi connectivity index (χ0) is 19.0. The lowest BCUT2D eigenvalue weighted by atomic mass is 9.78. The number of piperidine rings is 1. The molecule has 2 aromatic rings. The van der Waals surface area contributed by atoms with Crippen molar-refractivity contribution in [3.05, 3.63) is 36.0 Å². The summed E-state index contributed by atoms with van der Waals surface area (Å²) in [5.41, 5.74) is 1.63. The molecular weight excluding hydrogens is 344 g/mol. The van der Waals surface area contributed by atoms with Crippen molar-refractivity contribution in [1.82, 2.24) is 20.0 Å². The Bertz CT molecular complexity index is 878. The molecule has 3 heterocycles. The maximum Gasteiger partial charge on any atom is 0.257 e. The van der Waals surface area contributed by atoms with Crippen LogP contribution in [0.2, 0.25) is 0 Å². The van der Waals surface area contributed by atoms with Gasteiger partial charge in [0.05, 0.1) is 30.0 Å². The summed E-state index contributed by atoms with van der Waals surface area (Å²) in [5, 5.41) is 7.03. The SMILES string of the molecule is COc1cccc(-c2[nH]ncc2C(=O)N2CCC3(CCCN(C)C3=O)C2)c1. The predicted molar refractivity (Wildman–Crippen MR) is 100 cm³/mol. The van der Waals surface area contributed by atoms with Gasteiger partial charge in [0.25, 0.3) is 5.91 Å². The van der Waals surface area contributed by atoms with E-state index in [1.54, 1.807) is 23.1 Å². The van der Waals surface area contributed by atoms with E-state index in [0.29, 0.717) is 24.3 Å². The number of rotatable bonds is 3. The number of hydrogen-bond acceptors (Lipinski definition) is 4. The minimum absolute atomic E-state index is 0.0838. The number of methoxy groups -OCH3 is 1. The fourth-order valence-corrected chi connectivity index (χ4v) is 4.31. The number of likely N-dealkylation sites (tertiary alicyclic amines) is 2. The molecule has 1 atom stereocenters. The molecule has 4 rings (SSSR count). The van der Waals surface area contributed by atoms with E-state index in [2.05, 4.69) is 10.2 Å². The minimum Gasteiger partial charge on any atom is -0.497 e. The second-order valence-electron chi connectivity index (χ2n) is 7.48. The van der Waals surface area contributed by atoms with Gasteiger partial charge in [-0.3, -0.25) is 14.7 Å². The minimum atomic E-state index is -0.414. The van der Waals surface area contributed by atoms with E-state index in [9.17, 15) is 9.59 Å². The van der Waals surface area contributed by atoms with Crippen LogP contribution in [-0.4, -0.2) is 65.6 Å². The maximum absolute atomic E-state index is 13.2. The first-order chi connectivity index (χ1) is 13.0. The maximum atomic E-state index is 13.2. The molecule has 7 nitrogen and oxygen atoms in total. The summed E-state index contributed by atoms with van der Waals surface area (Å²) >= 11 is 0. The lowest BCUT2D eigenvalue weighted by Gasteiger charge is -2.37. The van der Waals surface area contributed by atoms with Crippen LogP contribution in [0.25, 0.3) is 11.3 Å². The van der Waals surface area contributed by atoms with Gasteiger partial charge < -0.3 is 14.5 Å². The summed E-state index contributed by atoms with van der Waals surface area (Å²) in [6.45, 7) is 1.88. The first-order valence-corrected chi connectivity index (χ1v) is 9.27. The van der Waals surface area contributed by atoms with Gasteiger partial charge in [-0.05, 0) is 31.4 Å². The van der Waals surface area contributed by atoms with E-state index in [0.717, 1.165) is 37.1 Å². The molecule has 2 aliphatic rings. The Morgan fingerprint density at radius 2 is 2.15 bits per heavy atom. The van der Waals surface area contributed by atoms with Gasteiger partial charge >= 0.3 is 0 Å². The average Bonchev–Trinajstić information content (AvgIpc) is 3.34. The normalized spacial score (nSPS) is 22.5. The Kier molecular flexibility index (Phi) is 4.37. The quantitative estimate of drug-likeness (QED) is 0.901. The summed E-state index contributed by atoms with van der Waals surface area (Å²) in [7, 11) is 3.46. The van der Waals surface area contributed by atoms with Crippen molar-refractivity contribution in [3.8, 4) is 17.0 Å². The Balaban J connectivity index is 1.58. The van der Waals surface area contributed by atoms with E-state index in [1.807, 2.05) is 31.3 Å². The van der Waals surface area contributed by atoms with E-state index in [1.165, 1.54) is 0 Å². The van der Waals surface area contributed by atoms with Gasteiger partial charge in [-0.15, -0.1) is 0 Å². The molecule has 1 aromatic carbocycles. The smallest absolute Gasteiger partial charge is 0.257 e. The van der Waals surface area contributed by atoms with Crippen LogP contribution in [0, 0.1) is 5.41 Å². The van der Waals surface area contributed by atoms with Gasteiger partial charge in [0, 0.05) is 32.2 Å². The molecule has 0 saturated carbocycles. The molecule has 1 spiro atoms. The number of H-pyrrole nitrogens is 1. The van der Waals surface area contributed by atoms with Crippen LogP contribution in [0.15, 0.2) is 30.5 Å². The highest BCUT2D eigenvalue weighted by Crippen LogP contribution is 2.40. The van der Waals surface area contributed by atoms with Gasteiger partial charge in [-0.2, -0.15) is 5.10 Å². The Morgan fingerprint density at radius 1 is 1.30 bits per heavy atom. The third-order valence-electron chi connectivity index (χ3n) is 5.82. The van der Waals surface area contributed by atoms with E-state index in [-0.39, 0.29) is 11.8 Å². The van der Waals surface area contributed by atoms with Gasteiger partial charge in [0.2, 0.25) is 5.91 Å². The van der Waals surface area contributed by atoms with Crippen LogP contribution in [0.1, 0.15) is 29.6 Å². The number of ether oxygens (including phenoxy) is 1. The van der Waals surface area contributed by atoms with Crippen molar-refractivity contribution in [2.24, 2.45) is 5.41 Å². The molecule has 142 valence electrons. The van der Waals surface area contributed by atoms with Crippen LogP contribution in [-0.2, 0) is 4.79 Å². The first-order valence-electron chi connectivity index (χ1n) is 9.27. The molecule has 27 heavy (non-hydrogen) atoms. The second-order valence-corrected chi connectivity index (χ2v) is 7.48. The molecule has 7 heteroatoms. The van der Waals surface area contributed by atoms with E-state index in [4.69, 9.17) is 4.74 Å². The molecule has 0 bridgehead atoms. The van der Waals surface area contributed by atoms with E-state index >= 15 is 0 Å². The number of carbonyl (C=O) groups is 2. The monoisotopic (exact) mass is 368 g/mol. The third-order valence-corrected chi connectivity index (χ3v) is 5.82. The van der Waals surface area contributed by atoms with Crippen molar-refractivity contribution in [3.63, 3.8) is 0 Å². The van der Waals surface area contributed by atoms with Gasteiger partial charge in [0.1, 0.15) is 5.75 Å². The van der Waals surface area contributed by atoms with Crippen molar-refractivity contribution in [2.75, 3.05) is 33.8 Å². The van der Waals surface area contributed by atoms with Crippen LogP contribution < -0.4 is 4.74 Å². The zero-order valence-electron chi connectivity index (χ0n) is 15.7. The molecule has 1 N–H and O–H groups in total. The topological polar surface area (TPSA) is 78.5 Å². The van der Waals surface area contributed by atoms with Gasteiger partial charge in [-0.1, -0.05) is 12.1 Å². The standard InChI is InChI=1S/C20H24N4O3/c1-23-9-4-7-20(19(23)26)8-10-24(13-20)18(25)16-12-21-22-17(16)14-5-3-6-15(11-14)27-2/h3,5-6,11-12H,4,7-10,13H2,1-2H3,(H,21,22). The van der Waals surface area contributed by atoms with Crippen molar-refractivity contribution < 1.29 is 14.3 Å². The molecule has 2 aliphatic heterocycles. The molecule has 2 fully saturated rings. The first kappa shape index (κ1) is 17.6. The number of hydrogen-bond donors (Lipinski definition) is 1. The van der Waals surface area contributed by atoms with Crippen molar-refractivity contribution >= 4 is 11.8 Å². The largest absolute Gasteiger partial charge is 0.497 e. The predicted octanol–water partition coefficient (Wildman–Crippen LogP) is 2.17. The number of aromatic amines is 1. The van der Waals surface area contributed by atoms with Crippen LogP contribution >= 0.6 is 0 Å². The molecular formula is C20H24N4O3.